The maximum Gasteiger partial charge on any atom is 0.416 e. The van der Waals surface area contributed by atoms with Crippen LogP contribution in [0.3, 0.4) is 0 Å². The monoisotopic (exact) mass is 362 g/mol. The van der Waals surface area contributed by atoms with Gasteiger partial charge in [0.05, 0.1) is 16.8 Å². The molecule has 0 bridgehead atoms. The largest absolute Gasteiger partial charge is 0.416 e. The number of nitrogens with one attached hydrogen (secondary N) is 1. The number of carbonyl (C=O) groups excluding carboxylic acids is 1. The van der Waals surface area contributed by atoms with Gasteiger partial charge in [-0.05, 0) is 40.2 Å². The fraction of sp³-hybridized carbons (Fsp3) is 0.0769. The maximum atomic E-state index is 13.5. The molecule has 0 spiro atoms. The minimum Gasteiger partial charge on any atom is -0.319 e. The molecule has 0 atom stereocenters. The van der Waals surface area contributed by atoms with Crippen LogP contribution in [0.2, 0.25) is 0 Å². The summed E-state index contributed by atoms with van der Waals surface area (Å²) in [5.41, 5.74) is -1.51. The third-order valence-electron chi connectivity index (χ3n) is 2.51. The molecule has 1 N–H and O–H groups in total. The zero-order valence-electron chi connectivity index (χ0n) is 10.2. The van der Waals surface area contributed by atoms with E-state index in [1.165, 1.54) is 18.5 Å². The number of pyridine rings is 1. The first kappa shape index (κ1) is 15.4. The molecule has 1 heterocycles. The topological polar surface area (TPSA) is 42.0 Å². The Bertz CT molecular complexity index is 688. The molecule has 0 aliphatic heterocycles. The predicted molar refractivity (Wildman–Crippen MR) is 71.3 cm³/mol. The van der Waals surface area contributed by atoms with Crippen molar-refractivity contribution >= 4 is 27.5 Å². The van der Waals surface area contributed by atoms with Crippen LogP contribution in [-0.2, 0) is 6.18 Å². The van der Waals surface area contributed by atoms with Gasteiger partial charge in [-0.1, -0.05) is 0 Å². The van der Waals surface area contributed by atoms with Crippen LogP contribution in [0, 0.1) is 5.82 Å². The molecule has 2 rings (SSSR count). The van der Waals surface area contributed by atoms with E-state index < -0.39 is 29.2 Å². The highest BCUT2D eigenvalue weighted by molar-refractivity contribution is 9.10. The van der Waals surface area contributed by atoms with Crippen LogP contribution in [0.5, 0.6) is 0 Å². The molecule has 8 heteroatoms. The lowest BCUT2D eigenvalue weighted by Gasteiger charge is -2.11. The minimum atomic E-state index is -4.62. The van der Waals surface area contributed by atoms with Crippen LogP contribution in [0.1, 0.15) is 15.9 Å². The van der Waals surface area contributed by atoms with Gasteiger partial charge in [-0.3, -0.25) is 9.78 Å². The van der Waals surface area contributed by atoms with E-state index in [4.69, 9.17) is 0 Å². The number of nitrogens with zero attached hydrogens (tertiary/aromatic N) is 1. The van der Waals surface area contributed by atoms with Gasteiger partial charge in [0.15, 0.2) is 0 Å². The van der Waals surface area contributed by atoms with Crippen molar-refractivity contribution < 1.29 is 22.4 Å². The number of rotatable bonds is 2. The number of halogens is 5. The first-order chi connectivity index (χ1) is 9.77. The lowest BCUT2D eigenvalue weighted by molar-refractivity contribution is -0.137. The summed E-state index contributed by atoms with van der Waals surface area (Å²) in [7, 11) is 0. The number of amides is 1. The predicted octanol–water partition coefficient (Wildman–Crippen LogP) is 4.25. The summed E-state index contributed by atoms with van der Waals surface area (Å²) >= 11 is 3.10. The number of carbonyl (C=O) groups is 1. The van der Waals surface area contributed by atoms with Crippen molar-refractivity contribution in [3.05, 3.63) is 58.1 Å². The summed E-state index contributed by atoms with van der Waals surface area (Å²) in [6.45, 7) is 0. The first-order valence-electron chi connectivity index (χ1n) is 5.56. The Morgan fingerprint density at radius 2 is 1.90 bits per heavy atom. The van der Waals surface area contributed by atoms with Gasteiger partial charge in [-0.2, -0.15) is 13.2 Å². The molecule has 1 amide bonds. The highest BCUT2D eigenvalue weighted by atomic mass is 79.9. The summed E-state index contributed by atoms with van der Waals surface area (Å²) in [6, 6.07) is 3.20. The number of aromatic nitrogens is 1. The molecule has 1 aromatic carbocycles. The van der Waals surface area contributed by atoms with Gasteiger partial charge in [0.25, 0.3) is 5.91 Å². The number of alkyl halides is 3. The Labute approximate surface area is 125 Å². The molecule has 3 nitrogen and oxygen atoms in total. The zero-order chi connectivity index (χ0) is 15.6. The van der Waals surface area contributed by atoms with E-state index >= 15 is 0 Å². The van der Waals surface area contributed by atoms with E-state index in [-0.39, 0.29) is 5.56 Å². The van der Waals surface area contributed by atoms with Crippen molar-refractivity contribution in [1.82, 2.24) is 4.98 Å². The van der Waals surface area contributed by atoms with Crippen LogP contribution in [0.4, 0.5) is 23.2 Å². The molecule has 0 radical (unpaired) electrons. The van der Waals surface area contributed by atoms with Crippen molar-refractivity contribution in [2.24, 2.45) is 0 Å². The highest BCUT2D eigenvalue weighted by Gasteiger charge is 2.31. The third-order valence-corrected chi connectivity index (χ3v) is 2.94. The molecule has 0 fully saturated rings. The number of hydrogen-bond donors (Lipinski definition) is 1. The van der Waals surface area contributed by atoms with Gasteiger partial charge in [0, 0.05) is 16.9 Å². The minimum absolute atomic E-state index is 0.0844. The standard InChI is InChI=1S/C13H7BrF4N2O/c14-9-3-7(5-19-6-9)12(21)20-11-4-8(13(16,17)18)1-2-10(11)15/h1-6H,(H,20,21). The highest BCUT2D eigenvalue weighted by Crippen LogP contribution is 2.31. The van der Waals surface area contributed by atoms with Crippen molar-refractivity contribution in [2.45, 2.75) is 6.18 Å². The Morgan fingerprint density at radius 1 is 1.19 bits per heavy atom. The smallest absolute Gasteiger partial charge is 0.319 e. The van der Waals surface area contributed by atoms with E-state index in [9.17, 15) is 22.4 Å². The normalized spacial score (nSPS) is 11.3. The molecule has 21 heavy (non-hydrogen) atoms. The Balaban J connectivity index is 2.29. The molecule has 0 aliphatic carbocycles. The number of benzene rings is 1. The van der Waals surface area contributed by atoms with E-state index in [2.05, 4.69) is 26.2 Å². The van der Waals surface area contributed by atoms with Crippen LogP contribution < -0.4 is 5.32 Å². The lowest BCUT2D eigenvalue weighted by Crippen LogP contribution is -2.14. The first-order valence-corrected chi connectivity index (χ1v) is 6.35. The molecular formula is C13H7BrF4N2O. The zero-order valence-corrected chi connectivity index (χ0v) is 11.8. The van der Waals surface area contributed by atoms with Gasteiger partial charge in [-0.25, -0.2) is 4.39 Å². The van der Waals surface area contributed by atoms with E-state index in [0.29, 0.717) is 22.7 Å². The van der Waals surface area contributed by atoms with Gasteiger partial charge in [0.1, 0.15) is 5.82 Å². The molecule has 1 aromatic heterocycles. The SMILES string of the molecule is O=C(Nc1cc(C(F)(F)F)ccc1F)c1cncc(Br)c1. The fourth-order valence-electron chi connectivity index (χ4n) is 1.53. The summed E-state index contributed by atoms with van der Waals surface area (Å²) < 4.78 is 51.7. The van der Waals surface area contributed by atoms with Crippen LogP contribution in [0.15, 0.2) is 41.1 Å². The maximum absolute atomic E-state index is 13.5. The van der Waals surface area contributed by atoms with Crippen molar-refractivity contribution in [1.29, 1.82) is 0 Å². The van der Waals surface area contributed by atoms with E-state index in [1.54, 1.807) is 0 Å². The Morgan fingerprint density at radius 3 is 2.52 bits per heavy atom. The second-order valence-corrected chi connectivity index (χ2v) is 4.95. The van der Waals surface area contributed by atoms with Crippen LogP contribution in [-0.4, -0.2) is 10.9 Å². The van der Waals surface area contributed by atoms with Gasteiger partial charge in [0.2, 0.25) is 0 Å². The lowest BCUT2D eigenvalue weighted by atomic mass is 10.1. The average Bonchev–Trinajstić information content (AvgIpc) is 2.40. The van der Waals surface area contributed by atoms with Crippen LogP contribution in [0.25, 0.3) is 0 Å². The Hall–Kier alpha value is -1.96. The summed E-state index contributed by atoms with van der Waals surface area (Å²) in [4.78, 5) is 15.6. The summed E-state index contributed by atoms with van der Waals surface area (Å²) in [6.07, 6.45) is -1.97. The van der Waals surface area contributed by atoms with Crippen LogP contribution >= 0.6 is 15.9 Å². The van der Waals surface area contributed by atoms with Gasteiger partial charge >= 0.3 is 6.18 Å². The second kappa shape index (κ2) is 5.80. The molecule has 0 saturated carbocycles. The summed E-state index contributed by atoms with van der Waals surface area (Å²) in [5.74, 6) is -1.72. The molecule has 0 unspecified atom stereocenters. The summed E-state index contributed by atoms with van der Waals surface area (Å²) in [5, 5.41) is 2.09. The second-order valence-electron chi connectivity index (χ2n) is 4.04. The van der Waals surface area contributed by atoms with Gasteiger partial charge < -0.3 is 5.32 Å². The van der Waals surface area contributed by atoms with E-state index in [1.807, 2.05) is 0 Å². The Kier molecular flexibility index (Phi) is 4.26. The molecule has 0 aliphatic rings. The number of anilines is 1. The molecular weight excluding hydrogens is 356 g/mol. The van der Waals surface area contributed by atoms with Crippen molar-refractivity contribution in [3.63, 3.8) is 0 Å². The van der Waals surface area contributed by atoms with Crippen molar-refractivity contribution in [3.8, 4) is 0 Å². The number of hydrogen-bond acceptors (Lipinski definition) is 2. The third kappa shape index (κ3) is 3.78. The molecule has 0 saturated heterocycles. The van der Waals surface area contributed by atoms with Gasteiger partial charge in [-0.15, -0.1) is 0 Å². The van der Waals surface area contributed by atoms with Crippen molar-refractivity contribution in [2.75, 3.05) is 5.32 Å². The quantitative estimate of drug-likeness (QED) is 0.811. The fourth-order valence-corrected chi connectivity index (χ4v) is 1.89. The van der Waals surface area contributed by atoms with E-state index in [0.717, 1.165) is 0 Å². The molecule has 110 valence electrons. The average molecular weight is 363 g/mol. The molecule has 2 aromatic rings.